The fourth-order valence-corrected chi connectivity index (χ4v) is 2.55. The van der Waals surface area contributed by atoms with Crippen LogP contribution in [0.3, 0.4) is 0 Å². The Labute approximate surface area is 122 Å². The molecule has 100 valence electrons. The highest BCUT2D eigenvalue weighted by Gasteiger charge is 2.11. The second-order valence-corrected chi connectivity index (χ2v) is 5.42. The molecule has 0 saturated heterocycles. The van der Waals surface area contributed by atoms with Crippen molar-refractivity contribution >= 4 is 23.2 Å². The summed E-state index contributed by atoms with van der Waals surface area (Å²) in [5.41, 5.74) is 8.85. The topological polar surface area (TPSA) is 26.0 Å². The van der Waals surface area contributed by atoms with Crippen molar-refractivity contribution in [3.63, 3.8) is 0 Å². The van der Waals surface area contributed by atoms with Gasteiger partial charge in [-0.25, -0.2) is 4.39 Å². The molecule has 2 aromatic carbocycles. The molecule has 2 rings (SSSR count). The minimum Gasteiger partial charge on any atom is -0.324 e. The van der Waals surface area contributed by atoms with Crippen LogP contribution in [0.5, 0.6) is 0 Å². The summed E-state index contributed by atoms with van der Waals surface area (Å²) in [7, 11) is 0. The van der Waals surface area contributed by atoms with Crippen LogP contribution < -0.4 is 5.73 Å². The zero-order valence-electron chi connectivity index (χ0n) is 10.7. The average Bonchev–Trinajstić information content (AvgIpc) is 2.33. The van der Waals surface area contributed by atoms with Crippen LogP contribution in [-0.4, -0.2) is 0 Å². The molecule has 4 heteroatoms. The van der Waals surface area contributed by atoms with E-state index in [-0.39, 0.29) is 11.9 Å². The quantitative estimate of drug-likeness (QED) is 0.817. The first kappa shape index (κ1) is 14.3. The molecule has 0 aliphatic carbocycles. The molecule has 0 spiro atoms. The highest BCUT2D eigenvalue weighted by atomic mass is 35.5. The lowest BCUT2D eigenvalue weighted by atomic mass is 10.00. The van der Waals surface area contributed by atoms with Crippen molar-refractivity contribution in [1.29, 1.82) is 0 Å². The maximum absolute atomic E-state index is 13.4. The highest BCUT2D eigenvalue weighted by molar-refractivity contribution is 6.34. The number of halogens is 3. The van der Waals surface area contributed by atoms with Crippen molar-refractivity contribution in [3.05, 3.63) is 57.3 Å². The van der Waals surface area contributed by atoms with Crippen LogP contribution >= 0.6 is 23.2 Å². The average molecular weight is 298 g/mol. The molecule has 19 heavy (non-hydrogen) atoms. The van der Waals surface area contributed by atoms with Gasteiger partial charge >= 0.3 is 0 Å². The maximum Gasteiger partial charge on any atom is 0.127 e. The molecule has 0 aliphatic heterocycles. The number of hydrogen-bond acceptors (Lipinski definition) is 1. The molecule has 0 heterocycles. The van der Waals surface area contributed by atoms with Gasteiger partial charge in [-0.15, -0.1) is 0 Å². The van der Waals surface area contributed by atoms with Gasteiger partial charge in [-0.2, -0.15) is 0 Å². The lowest BCUT2D eigenvalue weighted by Gasteiger charge is -2.12. The van der Waals surface area contributed by atoms with E-state index in [0.717, 1.165) is 16.7 Å². The van der Waals surface area contributed by atoms with Crippen LogP contribution in [0.2, 0.25) is 10.0 Å². The maximum atomic E-state index is 13.4. The van der Waals surface area contributed by atoms with Gasteiger partial charge in [-0.1, -0.05) is 35.3 Å². The second kappa shape index (κ2) is 5.49. The number of rotatable bonds is 2. The predicted molar refractivity (Wildman–Crippen MR) is 79.2 cm³/mol. The molecule has 0 aliphatic rings. The number of nitrogens with two attached hydrogens (primary N) is 1. The first-order valence-corrected chi connectivity index (χ1v) is 6.66. The fourth-order valence-electron chi connectivity index (χ4n) is 1.94. The molecule has 0 bridgehead atoms. The van der Waals surface area contributed by atoms with Crippen LogP contribution in [0.1, 0.15) is 24.1 Å². The summed E-state index contributed by atoms with van der Waals surface area (Å²) in [5, 5.41) is 0.957. The zero-order chi connectivity index (χ0) is 14.2. The van der Waals surface area contributed by atoms with Gasteiger partial charge in [0.1, 0.15) is 5.82 Å². The second-order valence-electron chi connectivity index (χ2n) is 4.61. The number of aryl methyl sites for hydroxylation is 1. The summed E-state index contributed by atoms with van der Waals surface area (Å²) in [6, 6.07) is 8.47. The van der Waals surface area contributed by atoms with Crippen LogP contribution in [0.15, 0.2) is 30.3 Å². The smallest absolute Gasteiger partial charge is 0.127 e. The van der Waals surface area contributed by atoms with E-state index in [1.165, 1.54) is 6.07 Å². The Morgan fingerprint density at radius 2 is 1.79 bits per heavy atom. The molecular formula is C15H14Cl2FN. The van der Waals surface area contributed by atoms with E-state index in [4.69, 9.17) is 28.9 Å². The third-order valence-corrected chi connectivity index (χ3v) is 3.69. The fraction of sp³-hybridized carbons (Fsp3) is 0.200. The summed E-state index contributed by atoms with van der Waals surface area (Å²) in [5.74, 6) is -0.313. The lowest BCUT2D eigenvalue weighted by molar-refractivity contribution is 0.619. The van der Waals surface area contributed by atoms with E-state index in [1.54, 1.807) is 19.1 Å². The van der Waals surface area contributed by atoms with Crippen molar-refractivity contribution in [2.45, 2.75) is 19.9 Å². The van der Waals surface area contributed by atoms with Gasteiger partial charge in [0.25, 0.3) is 0 Å². The van der Waals surface area contributed by atoms with Crippen LogP contribution in [0, 0.1) is 12.7 Å². The van der Waals surface area contributed by atoms with Gasteiger partial charge in [0.15, 0.2) is 0 Å². The van der Waals surface area contributed by atoms with E-state index in [9.17, 15) is 4.39 Å². The van der Waals surface area contributed by atoms with E-state index in [2.05, 4.69) is 0 Å². The molecule has 0 amide bonds. The normalized spacial score (nSPS) is 12.5. The molecule has 0 saturated carbocycles. The van der Waals surface area contributed by atoms with E-state index >= 15 is 0 Å². The summed E-state index contributed by atoms with van der Waals surface area (Å²) < 4.78 is 13.4. The third-order valence-electron chi connectivity index (χ3n) is 3.05. The first-order valence-electron chi connectivity index (χ1n) is 5.91. The largest absolute Gasteiger partial charge is 0.324 e. The summed E-state index contributed by atoms with van der Waals surface area (Å²) in [4.78, 5) is 0. The third kappa shape index (κ3) is 2.92. The summed E-state index contributed by atoms with van der Waals surface area (Å²) in [6.07, 6.45) is 0. The van der Waals surface area contributed by atoms with Gasteiger partial charge in [-0.05, 0) is 48.7 Å². The lowest BCUT2D eigenvalue weighted by Crippen LogP contribution is -2.05. The Morgan fingerprint density at radius 3 is 2.37 bits per heavy atom. The molecule has 2 N–H and O–H groups in total. The minimum absolute atomic E-state index is 0.132. The van der Waals surface area contributed by atoms with Crippen LogP contribution in [-0.2, 0) is 0 Å². The van der Waals surface area contributed by atoms with Crippen molar-refractivity contribution in [1.82, 2.24) is 0 Å². The van der Waals surface area contributed by atoms with Gasteiger partial charge < -0.3 is 5.73 Å². The van der Waals surface area contributed by atoms with E-state index < -0.39 is 0 Å². The SMILES string of the molecule is Cc1cc(-c2ccc(C(C)N)c(Cl)c2)c(Cl)cc1F. The van der Waals surface area contributed by atoms with Crippen LogP contribution in [0.25, 0.3) is 11.1 Å². The summed E-state index contributed by atoms with van der Waals surface area (Å²) in [6.45, 7) is 3.57. The Morgan fingerprint density at radius 1 is 1.11 bits per heavy atom. The molecule has 2 aromatic rings. The Bertz CT molecular complexity index is 624. The number of benzene rings is 2. The molecular weight excluding hydrogens is 284 g/mol. The Hall–Kier alpha value is -1.09. The van der Waals surface area contributed by atoms with Crippen molar-refractivity contribution in [2.75, 3.05) is 0 Å². The van der Waals surface area contributed by atoms with Gasteiger partial charge in [0, 0.05) is 16.6 Å². The van der Waals surface area contributed by atoms with Gasteiger partial charge in [0.2, 0.25) is 0 Å². The van der Waals surface area contributed by atoms with Gasteiger partial charge in [-0.3, -0.25) is 0 Å². The standard InChI is InChI=1S/C15H14Cl2FN/c1-8-5-12(14(17)7-15(8)18)10-3-4-11(9(2)19)13(16)6-10/h3-7,9H,19H2,1-2H3. The van der Waals surface area contributed by atoms with Crippen LogP contribution in [0.4, 0.5) is 4.39 Å². The summed E-state index contributed by atoms with van der Waals surface area (Å²) >= 11 is 12.3. The van der Waals surface area contributed by atoms with E-state index in [1.807, 2.05) is 19.1 Å². The van der Waals surface area contributed by atoms with Crippen molar-refractivity contribution in [2.24, 2.45) is 5.73 Å². The van der Waals surface area contributed by atoms with Crippen molar-refractivity contribution < 1.29 is 4.39 Å². The van der Waals surface area contributed by atoms with Gasteiger partial charge in [0.05, 0.1) is 5.02 Å². The highest BCUT2D eigenvalue weighted by Crippen LogP contribution is 2.33. The minimum atomic E-state index is -0.313. The number of hydrogen-bond donors (Lipinski definition) is 1. The molecule has 1 atom stereocenters. The molecule has 0 fully saturated rings. The molecule has 1 nitrogen and oxygen atoms in total. The molecule has 1 unspecified atom stereocenters. The predicted octanol–water partition coefficient (Wildman–Crippen LogP) is 5.13. The monoisotopic (exact) mass is 297 g/mol. The van der Waals surface area contributed by atoms with Crippen molar-refractivity contribution in [3.8, 4) is 11.1 Å². The van der Waals surface area contributed by atoms with E-state index in [0.29, 0.717) is 15.6 Å². The molecule has 0 aromatic heterocycles. The Kier molecular flexibility index (Phi) is 4.14. The Balaban J connectivity index is 2.54. The molecule has 0 radical (unpaired) electrons. The first-order chi connectivity index (χ1) is 8.90. The zero-order valence-corrected chi connectivity index (χ0v) is 12.2.